The minimum absolute atomic E-state index is 0.0513. The van der Waals surface area contributed by atoms with Crippen LogP contribution >= 0.6 is 0 Å². The standard InChI is InChI=1S/C13H21N3O3/c1-3-5-11(12(14)16-18)13(17)15-9(2)8-10-6-4-7-19-10/h4,6-7,9,11,18H,3,5,8H2,1-2H3,(H2,14,16)(H,15,17). The molecule has 0 saturated heterocycles. The van der Waals surface area contributed by atoms with Gasteiger partial charge in [0.25, 0.3) is 0 Å². The molecule has 6 nitrogen and oxygen atoms in total. The van der Waals surface area contributed by atoms with Gasteiger partial charge in [-0.1, -0.05) is 18.5 Å². The van der Waals surface area contributed by atoms with Gasteiger partial charge in [0.05, 0.1) is 12.2 Å². The first-order valence-electron chi connectivity index (χ1n) is 6.38. The summed E-state index contributed by atoms with van der Waals surface area (Å²) >= 11 is 0. The summed E-state index contributed by atoms with van der Waals surface area (Å²) in [6, 6.07) is 3.58. The Bertz CT molecular complexity index is 415. The number of hydrogen-bond donors (Lipinski definition) is 3. The van der Waals surface area contributed by atoms with Crippen LogP contribution in [0, 0.1) is 5.92 Å². The van der Waals surface area contributed by atoms with E-state index in [1.54, 1.807) is 12.3 Å². The number of furan rings is 1. The van der Waals surface area contributed by atoms with Gasteiger partial charge in [-0.15, -0.1) is 0 Å². The fourth-order valence-electron chi connectivity index (χ4n) is 1.90. The van der Waals surface area contributed by atoms with E-state index in [0.29, 0.717) is 12.8 Å². The molecule has 2 unspecified atom stereocenters. The van der Waals surface area contributed by atoms with Crippen molar-refractivity contribution in [2.75, 3.05) is 0 Å². The van der Waals surface area contributed by atoms with Gasteiger partial charge in [0, 0.05) is 12.5 Å². The summed E-state index contributed by atoms with van der Waals surface area (Å²) in [5.74, 6) is -0.0570. The number of oxime groups is 1. The van der Waals surface area contributed by atoms with Crippen LogP contribution in [-0.2, 0) is 11.2 Å². The third-order valence-corrected chi connectivity index (χ3v) is 2.84. The molecule has 1 aromatic heterocycles. The van der Waals surface area contributed by atoms with Gasteiger partial charge >= 0.3 is 0 Å². The minimum atomic E-state index is -0.589. The SMILES string of the molecule is CCCC(C(=O)NC(C)Cc1ccco1)C(N)=NO. The third-order valence-electron chi connectivity index (χ3n) is 2.84. The number of hydrogen-bond acceptors (Lipinski definition) is 4. The smallest absolute Gasteiger partial charge is 0.231 e. The van der Waals surface area contributed by atoms with Crippen molar-refractivity contribution in [2.45, 2.75) is 39.2 Å². The number of amidine groups is 1. The molecule has 0 aliphatic rings. The predicted octanol–water partition coefficient (Wildman–Crippen LogP) is 1.49. The lowest BCUT2D eigenvalue weighted by Crippen LogP contribution is -2.43. The van der Waals surface area contributed by atoms with Crippen molar-refractivity contribution in [2.24, 2.45) is 16.8 Å². The second kappa shape index (κ2) is 7.45. The number of nitrogens with zero attached hydrogens (tertiary/aromatic N) is 1. The lowest BCUT2D eigenvalue weighted by atomic mass is 10.0. The average Bonchev–Trinajstić information content (AvgIpc) is 2.87. The molecule has 0 aliphatic heterocycles. The summed E-state index contributed by atoms with van der Waals surface area (Å²) in [6.07, 6.45) is 3.53. The Morgan fingerprint density at radius 2 is 2.37 bits per heavy atom. The van der Waals surface area contributed by atoms with E-state index in [1.807, 2.05) is 19.9 Å². The van der Waals surface area contributed by atoms with Gasteiger partial charge in [0.1, 0.15) is 5.76 Å². The zero-order chi connectivity index (χ0) is 14.3. The van der Waals surface area contributed by atoms with E-state index in [9.17, 15) is 4.79 Å². The molecule has 6 heteroatoms. The highest BCUT2D eigenvalue weighted by Crippen LogP contribution is 2.09. The Morgan fingerprint density at radius 3 is 2.89 bits per heavy atom. The van der Waals surface area contributed by atoms with Crippen LogP contribution in [-0.4, -0.2) is 23.0 Å². The lowest BCUT2D eigenvalue weighted by molar-refractivity contribution is -0.123. The first-order chi connectivity index (χ1) is 9.08. The van der Waals surface area contributed by atoms with Crippen molar-refractivity contribution in [3.63, 3.8) is 0 Å². The Kier molecular flexibility index (Phi) is 5.92. The molecular formula is C13H21N3O3. The van der Waals surface area contributed by atoms with Crippen LogP contribution in [0.25, 0.3) is 0 Å². The molecule has 2 atom stereocenters. The van der Waals surface area contributed by atoms with Crippen LogP contribution in [0.15, 0.2) is 28.0 Å². The van der Waals surface area contributed by atoms with E-state index in [1.165, 1.54) is 0 Å². The molecule has 1 amide bonds. The monoisotopic (exact) mass is 267 g/mol. The summed E-state index contributed by atoms with van der Waals surface area (Å²) in [7, 11) is 0. The molecule has 0 spiro atoms. The van der Waals surface area contributed by atoms with Gasteiger partial charge in [-0.3, -0.25) is 4.79 Å². The van der Waals surface area contributed by atoms with Crippen LogP contribution in [0.3, 0.4) is 0 Å². The first-order valence-corrected chi connectivity index (χ1v) is 6.38. The number of amides is 1. The highest BCUT2D eigenvalue weighted by Gasteiger charge is 2.23. The number of rotatable bonds is 7. The summed E-state index contributed by atoms with van der Waals surface area (Å²) in [5, 5.41) is 14.5. The van der Waals surface area contributed by atoms with Gasteiger partial charge in [-0.05, 0) is 25.5 Å². The molecule has 106 valence electrons. The first kappa shape index (κ1) is 15.1. The fraction of sp³-hybridized carbons (Fsp3) is 0.538. The fourth-order valence-corrected chi connectivity index (χ4v) is 1.90. The molecule has 19 heavy (non-hydrogen) atoms. The molecule has 0 radical (unpaired) electrons. The molecule has 1 heterocycles. The normalized spacial score (nSPS) is 14.9. The molecule has 4 N–H and O–H groups in total. The van der Waals surface area contributed by atoms with E-state index in [2.05, 4.69) is 10.5 Å². The van der Waals surface area contributed by atoms with Gasteiger partial charge in [-0.2, -0.15) is 0 Å². The Hall–Kier alpha value is -1.98. The molecule has 1 rings (SSSR count). The zero-order valence-corrected chi connectivity index (χ0v) is 11.3. The van der Waals surface area contributed by atoms with E-state index in [4.69, 9.17) is 15.4 Å². The molecular weight excluding hydrogens is 246 g/mol. The number of nitrogens with two attached hydrogens (primary N) is 1. The molecule has 0 aromatic carbocycles. The maximum atomic E-state index is 12.1. The van der Waals surface area contributed by atoms with Gasteiger partial charge in [0.15, 0.2) is 5.84 Å². The van der Waals surface area contributed by atoms with Crippen LogP contribution in [0.5, 0.6) is 0 Å². The van der Waals surface area contributed by atoms with Crippen LogP contribution in [0.4, 0.5) is 0 Å². The maximum Gasteiger partial charge on any atom is 0.231 e. The molecule has 0 saturated carbocycles. The van der Waals surface area contributed by atoms with E-state index >= 15 is 0 Å². The molecule has 0 aliphatic carbocycles. The van der Waals surface area contributed by atoms with Crippen molar-refractivity contribution >= 4 is 11.7 Å². The predicted molar refractivity (Wildman–Crippen MR) is 71.8 cm³/mol. The van der Waals surface area contributed by atoms with Gasteiger partial charge in [-0.25, -0.2) is 0 Å². The number of carbonyl (C=O) groups is 1. The van der Waals surface area contributed by atoms with Crippen molar-refractivity contribution in [1.82, 2.24) is 5.32 Å². The number of nitrogens with one attached hydrogen (secondary N) is 1. The van der Waals surface area contributed by atoms with Crippen molar-refractivity contribution in [1.29, 1.82) is 0 Å². The highest BCUT2D eigenvalue weighted by atomic mass is 16.4. The summed E-state index contributed by atoms with van der Waals surface area (Å²) in [4.78, 5) is 12.1. The maximum absolute atomic E-state index is 12.1. The van der Waals surface area contributed by atoms with E-state index < -0.39 is 5.92 Å². The van der Waals surface area contributed by atoms with Crippen LogP contribution in [0.1, 0.15) is 32.4 Å². The minimum Gasteiger partial charge on any atom is -0.469 e. The van der Waals surface area contributed by atoms with Crippen LogP contribution in [0.2, 0.25) is 0 Å². The average molecular weight is 267 g/mol. The summed E-state index contributed by atoms with van der Waals surface area (Å²) in [5.41, 5.74) is 5.54. The number of carbonyl (C=O) groups excluding carboxylic acids is 1. The van der Waals surface area contributed by atoms with Gasteiger partial charge in [0.2, 0.25) is 5.91 Å². The molecule has 0 fully saturated rings. The van der Waals surface area contributed by atoms with Crippen molar-refractivity contribution < 1.29 is 14.4 Å². The Labute approximate surface area is 112 Å². The van der Waals surface area contributed by atoms with Crippen molar-refractivity contribution in [3.8, 4) is 0 Å². The van der Waals surface area contributed by atoms with E-state index in [-0.39, 0.29) is 17.8 Å². The second-order valence-electron chi connectivity index (χ2n) is 4.56. The highest BCUT2D eigenvalue weighted by molar-refractivity contribution is 6.02. The quantitative estimate of drug-likeness (QED) is 0.301. The largest absolute Gasteiger partial charge is 0.469 e. The summed E-state index contributed by atoms with van der Waals surface area (Å²) < 4.78 is 5.22. The van der Waals surface area contributed by atoms with Crippen molar-refractivity contribution in [3.05, 3.63) is 24.2 Å². The molecule has 0 bridgehead atoms. The van der Waals surface area contributed by atoms with Crippen LogP contribution < -0.4 is 11.1 Å². The lowest BCUT2D eigenvalue weighted by Gasteiger charge is -2.18. The van der Waals surface area contributed by atoms with E-state index in [0.717, 1.165) is 12.2 Å². The Balaban J connectivity index is 2.55. The van der Waals surface area contributed by atoms with Gasteiger partial charge < -0.3 is 20.7 Å². The zero-order valence-electron chi connectivity index (χ0n) is 11.3. The summed E-state index contributed by atoms with van der Waals surface area (Å²) in [6.45, 7) is 3.83. The topological polar surface area (TPSA) is 101 Å². The Morgan fingerprint density at radius 1 is 1.63 bits per heavy atom. The third kappa shape index (κ3) is 4.65. The molecule has 1 aromatic rings. The second-order valence-corrected chi connectivity index (χ2v) is 4.56.